The number of carbonyl (C=O) groups is 1. The highest BCUT2D eigenvalue weighted by atomic mass is 35.5. The molecule has 0 saturated carbocycles. The first kappa shape index (κ1) is 20.6. The van der Waals surface area contributed by atoms with Crippen molar-refractivity contribution in [1.82, 2.24) is 4.98 Å². The van der Waals surface area contributed by atoms with Crippen molar-refractivity contribution in [3.8, 4) is 5.75 Å². The lowest BCUT2D eigenvalue weighted by Gasteiger charge is -2.19. The fraction of sp³-hybridized carbons (Fsp3) is 0.500. The van der Waals surface area contributed by atoms with Crippen molar-refractivity contribution in [2.24, 2.45) is 0 Å². The lowest BCUT2D eigenvalue weighted by Crippen LogP contribution is -2.41. The van der Waals surface area contributed by atoms with Gasteiger partial charge in [0, 0.05) is 5.75 Å². The van der Waals surface area contributed by atoms with Gasteiger partial charge < -0.3 is 4.74 Å². The third kappa shape index (κ3) is 4.76. The topological polar surface area (TPSA) is 73.3 Å². The van der Waals surface area contributed by atoms with E-state index in [0.717, 1.165) is 12.1 Å². The molecule has 0 spiro atoms. The molecule has 1 atom stereocenters. The first-order chi connectivity index (χ1) is 10.8. The van der Waals surface area contributed by atoms with Crippen molar-refractivity contribution >= 4 is 27.2 Å². The number of alkyl halides is 6. The predicted molar refractivity (Wildman–Crippen MR) is 74.2 cm³/mol. The third-order valence-electron chi connectivity index (χ3n) is 2.75. The molecule has 1 aromatic rings. The van der Waals surface area contributed by atoms with Crippen LogP contribution in [0.15, 0.2) is 18.3 Å². The molecule has 0 aliphatic carbocycles. The molecule has 0 aliphatic heterocycles. The Labute approximate surface area is 138 Å². The quantitative estimate of drug-likeness (QED) is 0.403. The SMILES string of the molecule is CCS(=O)(=O)C(Cl)C(=O)c1ccc(OCC(F)(F)C(F)(F)F)cn1. The van der Waals surface area contributed by atoms with Gasteiger partial charge in [0.05, 0.1) is 6.20 Å². The summed E-state index contributed by atoms with van der Waals surface area (Å²) in [5.41, 5.74) is -0.401. The number of hydrogen-bond acceptors (Lipinski definition) is 5. The molecular weight excluding hydrogens is 385 g/mol. The summed E-state index contributed by atoms with van der Waals surface area (Å²) in [6, 6.07) is 1.80. The summed E-state index contributed by atoms with van der Waals surface area (Å²) in [4.78, 5) is 15.3. The van der Waals surface area contributed by atoms with E-state index in [-0.39, 0.29) is 5.75 Å². The van der Waals surface area contributed by atoms with Gasteiger partial charge in [-0.3, -0.25) is 4.79 Å². The Hall–Kier alpha value is -1.49. The highest BCUT2D eigenvalue weighted by Gasteiger charge is 2.58. The molecule has 0 radical (unpaired) electrons. The first-order valence-corrected chi connectivity index (χ1v) is 8.40. The lowest BCUT2D eigenvalue weighted by atomic mass is 10.2. The number of Topliss-reactive ketones (excluding diaryl/α,β-unsaturated/α-hetero) is 1. The largest absolute Gasteiger partial charge is 0.485 e. The maximum atomic E-state index is 12.7. The Morgan fingerprint density at radius 1 is 1.29 bits per heavy atom. The van der Waals surface area contributed by atoms with E-state index < -0.39 is 50.5 Å². The Morgan fingerprint density at radius 3 is 2.29 bits per heavy atom. The molecule has 1 heterocycles. The molecule has 0 saturated heterocycles. The van der Waals surface area contributed by atoms with Crippen LogP contribution in [0.3, 0.4) is 0 Å². The van der Waals surface area contributed by atoms with Gasteiger partial charge in [0.1, 0.15) is 11.4 Å². The van der Waals surface area contributed by atoms with Crippen LogP contribution in [-0.4, -0.2) is 48.4 Å². The summed E-state index contributed by atoms with van der Waals surface area (Å²) >= 11 is 5.54. The zero-order chi connectivity index (χ0) is 18.8. The average molecular weight is 396 g/mol. The Morgan fingerprint density at radius 2 is 1.88 bits per heavy atom. The molecule has 0 amide bonds. The second-order valence-corrected chi connectivity index (χ2v) is 7.57. The van der Waals surface area contributed by atoms with Crippen molar-refractivity contribution < 1.29 is 39.9 Å². The molecule has 0 bridgehead atoms. The Bertz CT molecular complexity index is 690. The van der Waals surface area contributed by atoms with E-state index in [1.807, 2.05) is 0 Å². The molecule has 0 aliphatic rings. The van der Waals surface area contributed by atoms with Crippen LogP contribution in [-0.2, 0) is 9.84 Å². The number of pyridine rings is 1. The van der Waals surface area contributed by atoms with Crippen LogP contribution >= 0.6 is 11.6 Å². The van der Waals surface area contributed by atoms with Gasteiger partial charge in [-0.05, 0) is 12.1 Å². The van der Waals surface area contributed by atoms with E-state index >= 15 is 0 Å². The standard InChI is InChI=1S/C12H11ClF5NO4S/c1-2-24(21,22)10(13)9(20)8-4-3-7(5-19-8)23-6-11(14,15)12(16,17)18/h3-5,10H,2,6H2,1H3. The summed E-state index contributed by atoms with van der Waals surface area (Å²) in [6.45, 7) is -0.684. The summed E-state index contributed by atoms with van der Waals surface area (Å²) in [5.74, 6) is -6.95. The van der Waals surface area contributed by atoms with E-state index in [9.17, 15) is 35.2 Å². The Kier molecular flexibility index (Phi) is 6.15. The smallest absolute Gasteiger partial charge is 0.456 e. The fourth-order valence-corrected chi connectivity index (χ4v) is 2.52. The van der Waals surface area contributed by atoms with Crippen LogP contribution in [0.1, 0.15) is 17.4 Å². The van der Waals surface area contributed by atoms with E-state index in [2.05, 4.69) is 9.72 Å². The molecular formula is C12H11ClF5NO4S. The van der Waals surface area contributed by atoms with Crippen molar-refractivity contribution in [3.05, 3.63) is 24.0 Å². The number of nitrogens with zero attached hydrogens (tertiary/aromatic N) is 1. The number of ether oxygens (including phenoxy) is 1. The molecule has 5 nitrogen and oxygen atoms in total. The molecule has 136 valence electrons. The van der Waals surface area contributed by atoms with Crippen molar-refractivity contribution in [2.45, 2.75) is 23.7 Å². The number of ketones is 1. The zero-order valence-corrected chi connectivity index (χ0v) is 13.6. The molecule has 0 aromatic carbocycles. The van der Waals surface area contributed by atoms with E-state index in [1.165, 1.54) is 6.92 Å². The van der Waals surface area contributed by atoms with Crippen LogP contribution in [0.25, 0.3) is 0 Å². The van der Waals surface area contributed by atoms with Gasteiger partial charge in [0.2, 0.25) is 5.78 Å². The fourth-order valence-electron chi connectivity index (χ4n) is 1.29. The molecule has 12 heteroatoms. The van der Waals surface area contributed by atoms with Crippen molar-refractivity contribution in [1.29, 1.82) is 0 Å². The molecule has 0 N–H and O–H groups in total. The van der Waals surface area contributed by atoms with Gasteiger partial charge in [0.25, 0.3) is 0 Å². The number of rotatable bonds is 7. The molecule has 1 aromatic heterocycles. The number of sulfone groups is 1. The maximum Gasteiger partial charge on any atom is 0.456 e. The molecule has 24 heavy (non-hydrogen) atoms. The molecule has 0 fully saturated rings. The van der Waals surface area contributed by atoms with E-state index in [0.29, 0.717) is 6.20 Å². The minimum Gasteiger partial charge on any atom is -0.485 e. The summed E-state index contributed by atoms with van der Waals surface area (Å²) < 4.78 is 86.7. The summed E-state index contributed by atoms with van der Waals surface area (Å²) in [5, 5.41) is 0. The number of aromatic nitrogens is 1. The van der Waals surface area contributed by atoms with Crippen molar-refractivity contribution in [2.75, 3.05) is 12.4 Å². The minimum absolute atomic E-state index is 0.388. The monoisotopic (exact) mass is 395 g/mol. The number of carbonyl (C=O) groups excluding carboxylic acids is 1. The van der Waals surface area contributed by atoms with Crippen LogP contribution in [0.4, 0.5) is 22.0 Å². The maximum absolute atomic E-state index is 12.7. The minimum atomic E-state index is -5.77. The second-order valence-electron chi connectivity index (χ2n) is 4.50. The predicted octanol–water partition coefficient (Wildman–Crippen LogP) is 2.84. The highest BCUT2D eigenvalue weighted by molar-refractivity contribution is 7.94. The van der Waals surface area contributed by atoms with E-state index in [1.54, 1.807) is 0 Å². The van der Waals surface area contributed by atoms with Crippen LogP contribution in [0.2, 0.25) is 0 Å². The molecule has 1 unspecified atom stereocenters. The summed E-state index contributed by atoms with van der Waals surface area (Å²) in [6.07, 6.45) is -5.06. The van der Waals surface area contributed by atoms with E-state index in [4.69, 9.17) is 11.6 Å². The Balaban J connectivity index is 2.82. The van der Waals surface area contributed by atoms with Crippen LogP contribution in [0.5, 0.6) is 5.75 Å². The van der Waals surface area contributed by atoms with Crippen molar-refractivity contribution in [3.63, 3.8) is 0 Å². The lowest BCUT2D eigenvalue weighted by molar-refractivity contribution is -0.290. The van der Waals surface area contributed by atoms with Crippen LogP contribution < -0.4 is 4.74 Å². The van der Waals surface area contributed by atoms with Gasteiger partial charge in [-0.1, -0.05) is 18.5 Å². The zero-order valence-electron chi connectivity index (χ0n) is 12.0. The molecule has 1 rings (SSSR count). The van der Waals surface area contributed by atoms with Gasteiger partial charge in [-0.15, -0.1) is 0 Å². The van der Waals surface area contributed by atoms with Gasteiger partial charge in [0.15, 0.2) is 21.2 Å². The third-order valence-corrected chi connectivity index (χ3v) is 5.41. The number of hydrogen-bond donors (Lipinski definition) is 0. The highest BCUT2D eigenvalue weighted by Crippen LogP contribution is 2.35. The second kappa shape index (κ2) is 7.18. The van der Waals surface area contributed by atoms with Gasteiger partial charge in [-0.25, -0.2) is 13.4 Å². The normalized spacial score (nSPS) is 14.3. The average Bonchev–Trinajstić information content (AvgIpc) is 2.51. The van der Waals surface area contributed by atoms with Crippen LogP contribution in [0, 0.1) is 0 Å². The summed E-state index contributed by atoms with van der Waals surface area (Å²) in [7, 11) is -3.88. The van der Waals surface area contributed by atoms with Gasteiger partial charge >= 0.3 is 12.1 Å². The number of halogens is 6. The first-order valence-electron chi connectivity index (χ1n) is 6.25. The van der Waals surface area contributed by atoms with Gasteiger partial charge in [-0.2, -0.15) is 22.0 Å².